The van der Waals surface area contributed by atoms with Crippen LogP contribution in [0.3, 0.4) is 0 Å². The largest absolute Gasteiger partial charge is 0.497 e. The van der Waals surface area contributed by atoms with E-state index in [1.807, 2.05) is 19.1 Å². The van der Waals surface area contributed by atoms with Gasteiger partial charge in [0.15, 0.2) is 0 Å². The summed E-state index contributed by atoms with van der Waals surface area (Å²) in [6.07, 6.45) is 2.12. The number of benzene rings is 2. The topological polar surface area (TPSA) is 65.4 Å². The summed E-state index contributed by atoms with van der Waals surface area (Å²) in [4.78, 5) is 14.9. The molecule has 1 aliphatic rings. The van der Waals surface area contributed by atoms with Gasteiger partial charge < -0.3 is 10.1 Å². The van der Waals surface area contributed by atoms with Crippen LogP contribution in [0.1, 0.15) is 36.9 Å². The molecule has 0 bridgehead atoms. The van der Waals surface area contributed by atoms with Gasteiger partial charge in [0.05, 0.1) is 24.8 Å². The Morgan fingerprint density at radius 1 is 1.23 bits per heavy atom. The SMILES string of the molecule is COc1ccc([C@@H]2CCCN2[C@H](C)C(=O)Nc2ccc(C#N)cc2)cc1. The van der Waals surface area contributed by atoms with E-state index in [1.54, 1.807) is 31.4 Å². The monoisotopic (exact) mass is 349 g/mol. The molecule has 1 N–H and O–H groups in total. The number of nitrogens with one attached hydrogen (secondary N) is 1. The third-order valence-electron chi connectivity index (χ3n) is 4.95. The Hall–Kier alpha value is -2.84. The average molecular weight is 349 g/mol. The highest BCUT2D eigenvalue weighted by atomic mass is 16.5. The van der Waals surface area contributed by atoms with Crippen molar-refractivity contribution in [3.63, 3.8) is 0 Å². The van der Waals surface area contributed by atoms with Crippen molar-refractivity contribution in [1.82, 2.24) is 4.90 Å². The number of nitriles is 1. The summed E-state index contributed by atoms with van der Waals surface area (Å²) in [5.74, 6) is 0.806. The maximum Gasteiger partial charge on any atom is 0.241 e. The van der Waals surface area contributed by atoms with Crippen molar-refractivity contribution in [3.05, 3.63) is 59.7 Å². The van der Waals surface area contributed by atoms with E-state index in [1.165, 1.54) is 5.56 Å². The smallest absolute Gasteiger partial charge is 0.241 e. The van der Waals surface area contributed by atoms with Crippen LogP contribution in [0.4, 0.5) is 5.69 Å². The van der Waals surface area contributed by atoms with Crippen molar-refractivity contribution in [2.24, 2.45) is 0 Å². The summed E-state index contributed by atoms with van der Waals surface area (Å²) in [5, 5.41) is 11.8. The molecule has 2 atom stereocenters. The highest BCUT2D eigenvalue weighted by Gasteiger charge is 2.32. The molecule has 1 saturated heterocycles. The zero-order chi connectivity index (χ0) is 18.5. The highest BCUT2D eigenvalue weighted by molar-refractivity contribution is 5.94. The lowest BCUT2D eigenvalue weighted by Gasteiger charge is -2.30. The number of hydrogen-bond acceptors (Lipinski definition) is 4. The Bertz CT molecular complexity index is 794. The first-order chi connectivity index (χ1) is 12.6. The summed E-state index contributed by atoms with van der Waals surface area (Å²) >= 11 is 0. The van der Waals surface area contributed by atoms with Gasteiger partial charge in [0.1, 0.15) is 5.75 Å². The Balaban J connectivity index is 1.69. The van der Waals surface area contributed by atoms with Crippen LogP contribution in [0.25, 0.3) is 0 Å². The lowest BCUT2D eigenvalue weighted by atomic mass is 10.0. The van der Waals surface area contributed by atoms with Crippen molar-refractivity contribution in [1.29, 1.82) is 5.26 Å². The van der Waals surface area contributed by atoms with E-state index >= 15 is 0 Å². The van der Waals surface area contributed by atoms with Crippen LogP contribution in [0.2, 0.25) is 0 Å². The van der Waals surface area contributed by atoms with Crippen LogP contribution in [0.15, 0.2) is 48.5 Å². The number of likely N-dealkylation sites (tertiary alicyclic amines) is 1. The molecule has 0 unspecified atom stereocenters. The van der Waals surface area contributed by atoms with Gasteiger partial charge in [-0.05, 0) is 68.3 Å². The minimum atomic E-state index is -0.236. The van der Waals surface area contributed by atoms with Crippen molar-refractivity contribution < 1.29 is 9.53 Å². The lowest BCUT2D eigenvalue weighted by molar-refractivity contribution is -0.121. The molecule has 0 aliphatic carbocycles. The molecule has 1 heterocycles. The number of carbonyl (C=O) groups is 1. The van der Waals surface area contributed by atoms with E-state index in [2.05, 4.69) is 28.4 Å². The molecule has 5 heteroatoms. The summed E-state index contributed by atoms with van der Waals surface area (Å²) in [6.45, 7) is 2.85. The number of ether oxygens (including phenoxy) is 1. The molecule has 2 aromatic rings. The van der Waals surface area contributed by atoms with Gasteiger partial charge in [-0.1, -0.05) is 12.1 Å². The maximum atomic E-state index is 12.7. The predicted octanol–water partition coefficient (Wildman–Crippen LogP) is 3.73. The van der Waals surface area contributed by atoms with Crippen molar-refractivity contribution in [2.45, 2.75) is 31.8 Å². The number of rotatable bonds is 5. The van der Waals surface area contributed by atoms with Crippen LogP contribution >= 0.6 is 0 Å². The van der Waals surface area contributed by atoms with Gasteiger partial charge in [-0.25, -0.2) is 0 Å². The molecule has 2 aromatic carbocycles. The third-order valence-corrected chi connectivity index (χ3v) is 4.95. The van der Waals surface area contributed by atoms with Gasteiger partial charge in [-0.2, -0.15) is 5.26 Å². The molecule has 0 saturated carbocycles. The van der Waals surface area contributed by atoms with Crippen molar-refractivity contribution in [2.75, 3.05) is 19.0 Å². The molecule has 0 aromatic heterocycles. The number of amides is 1. The summed E-state index contributed by atoms with van der Waals surface area (Å²) in [5.41, 5.74) is 2.50. The molecule has 1 aliphatic heterocycles. The minimum absolute atomic E-state index is 0.0323. The fourth-order valence-electron chi connectivity index (χ4n) is 3.46. The van der Waals surface area contributed by atoms with Gasteiger partial charge >= 0.3 is 0 Å². The zero-order valence-electron chi connectivity index (χ0n) is 15.1. The van der Waals surface area contributed by atoms with Crippen LogP contribution in [0, 0.1) is 11.3 Å². The van der Waals surface area contributed by atoms with Gasteiger partial charge in [0.2, 0.25) is 5.91 Å². The first kappa shape index (κ1) is 18.0. The van der Waals surface area contributed by atoms with E-state index in [-0.39, 0.29) is 18.0 Å². The first-order valence-corrected chi connectivity index (χ1v) is 8.83. The fraction of sp³-hybridized carbons (Fsp3) is 0.333. The number of methoxy groups -OCH3 is 1. The fourth-order valence-corrected chi connectivity index (χ4v) is 3.46. The Morgan fingerprint density at radius 3 is 2.54 bits per heavy atom. The molecule has 0 radical (unpaired) electrons. The third kappa shape index (κ3) is 3.87. The second kappa shape index (κ2) is 8.03. The normalized spacial score (nSPS) is 18.1. The number of nitrogens with zero attached hydrogens (tertiary/aromatic N) is 2. The van der Waals surface area contributed by atoms with Gasteiger partial charge in [0, 0.05) is 11.7 Å². The Labute approximate surface area is 154 Å². The lowest BCUT2D eigenvalue weighted by Crippen LogP contribution is -2.41. The number of anilines is 1. The van der Waals surface area contributed by atoms with E-state index < -0.39 is 0 Å². The van der Waals surface area contributed by atoms with Crippen molar-refractivity contribution >= 4 is 11.6 Å². The maximum absolute atomic E-state index is 12.7. The quantitative estimate of drug-likeness (QED) is 0.893. The summed E-state index contributed by atoms with van der Waals surface area (Å²) in [7, 11) is 1.66. The van der Waals surface area contributed by atoms with Crippen LogP contribution in [-0.2, 0) is 4.79 Å². The van der Waals surface area contributed by atoms with E-state index in [0.29, 0.717) is 11.3 Å². The number of hydrogen-bond donors (Lipinski definition) is 1. The van der Waals surface area contributed by atoms with Crippen LogP contribution < -0.4 is 10.1 Å². The zero-order valence-corrected chi connectivity index (χ0v) is 15.1. The molecular formula is C21H23N3O2. The Kier molecular flexibility index (Phi) is 5.55. The number of carbonyl (C=O) groups excluding carboxylic acids is 1. The van der Waals surface area contributed by atoms with Crippen LogP contribution in [-0.4, -0.2) is 30.5 Å². The van der Waals surface area contributed by atoms with Gasteiger partial charge in [-0.3, -0.25) is 9.69 Å². The molecule has 134 valence electrons. The Morgan fingerprint density at radius 2 is 1.92 bits per heavy atom. The standard InChI is InChI=1S/C21H23N3O2/c1-15(21(25)23-18-9-5-16(14-22)6-10-18)24-13-3-4-20(24)17-7-11-19(26-2)12-8-17/h5-12,15,20H,3-4,13H2,1-2H3,(H,23,25)/t15-,20+/m1/s1. The average Bonchev–Trinajstić information content (AvgIpc) is 3.17. The minimum Gasteiger partial charge on any atom is -0.497 e. The molecule has 1 fully saturated rings. The van der Waals surface area contributed by atoms with Gasteiger partial charge in [-0.15, -0.1) is 0 Å². The second-order valence-electron chi connectivity index (χ2n) is 6.52. The summed E-state index contributed by atoms with van der Waals surface area (Å²) < 4.78 is 5.23. The molecule has 3 rings (SSSR count). The molecule has 0 spiro atoms. The van der Waals surface area contributed by atoms with Crippen LogP contribution in [0.5, 0.6) is 5.75 Å². The molecule has 1 amide bonds. The van der Waals surface area contributed by atoms with E-state index in [0.717, 1.165) is 25.1 Å². The highest BCUT2D eigenvalue weighted by Crippen LogP contribution is 2.34. The molecule has 26 heavy (non-hydrogen) atoms. The van der Waals surface area contributed by atoms with E-state index in [4.69, 9.17) is 10.00 Å². The van der Waals surface area contributed by atoms with E-state index in [9.17, 15) is 4.79 Å². The summed E-state index contributed by atoms with van der Waals surface area (Å²) in [6, 6.07) is 17.1. The predicted molar refractivity (Wildman–Crippen MR) is 101 cm³/mol. The molecular weight excluding hydrogens is 326 g/mol. The van der Waals surface area contributed by atoms with Gasteiger partial charge in [0.25, 0.3) is 0 Å². The van der Waals surface area contributed by atoms with Crippen molar-refractivity contribution in [3.8, 4) is 11.8 Å². The second-order valence-corrected chi connectivity index (χ2v) is 6.52. The first-order valence-electron chi connectivity index (χ1n) is 8.83. The molecule has 5 nitrogen and oxygen atoms in total.